The molecule has 24 heavy (non-hydrogen) atoms. The predicted molar refractivity (Wildman–Crippen MR) is 88.9 cm³/mol. The molecule has 1 aliphatic heterocycles. The van der Waals surface area contributed by atoms with Crippen LogP contribution in [0, 0.1) is 6.92 Å². The smallest absolute Gasteiger partial charge is 0.387 e. The predicted octanol–water partition coefficient (Wildman–Crippen LogP) is 3.27. The number of carbonyl (C=O) groups is 1. The molecular weight excluding hydrogens is 334 g/mol. The topological polar surface area (TPSA) is 50.4 Å². The minimum atomic E-state index is -2.95. The summed E-state index contributed by atoms with van der Waals surface area (Å²) in [6.07, 6.45) is 0.955. The Morgan fingerprint density at radius 2 is 2.25 bits per heavy atom. The Labute approximate surface area is 142 Å². The molecule has 128 valence electrons. The number of nitrogens with one attached hydrogen (secondary N) is 2. The number of carbonyl (C=O) groups excluding carboxylic acids is 1. The SMILES string of the molecule is Cc1cc(OC(F)F)c(C(=O)NCC2NCCc3ccccc32)s1. The van der Waals surface area contributed by atoms with Crippen LogP contribution in [0.1, 0.15) is 31.7 Å². The average Bonchev–Trinajstić information content (AvgIpc) is 2.92. The standard InChI is InChI=1S/C17H18F2N2O2S/c1-10-8-14(23-17(18)19)15(24-10)16(22)21-9-13-12-5-3-2-4-11(12)6-7-20-13/h2-5,8,13,17,20H,6-7,9H2,1H3,(H,21,22). The van der Waals surface area contributed by atoms with Crippen LogP contribution in [0.3, 0.4) is 0 Å². The molecule has 1 aliphatic rings. The van der Waals surface area contributed by atoms with Gasteiger partial charge in [-0.15, -0.1) is 11.3 Å². The Hall–Kier alpha value is -1.99. The van der Waals surface area contributed by atoms with Gasteiger partial charge in [0.05, 0.1) is 0 Å². The lowest BCUT2D eigenvalue weighted by Gasteiger charge is -2.27. The average molecular weight is 352 g/mol. The number of ether oxygens (including phenoxy) is 1. The largest absolute Gasteiger partial charge is 0.433 e. The van der Waals surface area contributed by atoms with E-state index in [4.69, 9.17) is 0 Å². The van der Waals surface area contributed by atoms with E-state index in [-0.39, 0.29) is 16.7 Å². The Bertz CT molecular complexity index is 733. The maximum absolute atomic E-state index is 12.5. The third kappa shape index (κ3) is 3.73. The van der Waals surface area contributed by atoms with Gasteiger partial charge < -0.3 is 15.4 Å². The summed E-state index contributed by atoms with van der Waals surface area (Å²) in [7, 11) is 0. The van der Waals surface area contributed by atoms with E-state index in [1.54, 1.807) is 6.92 Å². The number of alkyl halides is 2. The third-order valence-corrected chi connectivity index (χ3v) is 4.96. The first-order valence-corrected chi connectivity index (χ1v) is 8.51. The van der Waals surface area contributed by atoms with Crippen molar-refractivity contribution in [2.45, 2.75) is 26.0 Å². The van der Waals surface area contributed by atoms with Crippen LogP contribution < -0.4 is 15.4 Å². The quantitative estimate of drug-likeness (QED) is 0.868. The molecule has 7 heteroatoms. The molecule has 0 spiro atoms. The Balaban J connectivity index is 1.69. The summed E-state index contributed by atoms with van der Waals surface area (Å²) in [5.74, 6) is -0.462. The first-order chi connectivity index (χ1) is 11.5. The van der Waals surface area contributed by atoms with Crippen LogP contribution in [-0.4, -0.2) is 25.6 Å². The highest BCUT2D eigenvalue weighted by atomic mass is 32.1. The number of fused-ring (bicyclic) bond motifs is 1. The van der Waals surface area contributed by atoms with E-state index >= 15 is 0 Å². The summed E-state index contributed by atoms with van der Waals surface area (Å²) in [6, 6.07) is 9.57. The van der Waals surface area contributed by atoms with Gasteiger partial charge in [-0.3, -0.25) is 4.79 Å². The van der Waals surface area contributed by atoms with Crippen molar-refractivity contribution in [2.75, 3.05) is 13.1 Å². The lowest BCUT2D eigenvalue weighted by Crippen LogP contribution is -2.38. The van der Waals surface area contributed by atoms with Crippen LogP contribution in [0.2, 0.25) is 0 Å². The van der Waals surface area contributed by atoms with Gasteiger partial charge in [-0.25, -0.2) is 0 Å². The number of hydrogen-bond donors (Lipinski definition) is 2. The van der Waals surface area contributed by atoms with E-state index < -0.39 is 12.5 Å². The Morgan fingerprint density at radius 3 is 3.04 bits per heavy atom. The third-order valence-electron chi connectivity index (χ3n) is 3.93. The molecule has 0 radical (unpaired) electrons. The van der Waals surface area contributed by atoms with Gasteiger partial charge in [0.15, 0.2) is 0 Å². The van der Waals surface area contributed by atoms with Crippen LogP contribution in [0.4, 0.5) is 8.78 Å². The van der Waals surface area contributed by atoms with Crippen molar-refractivity contribution in [1.82, 2.24) is 10.6 Å². The second-order valence-corrected chi connectivity index (χ2v) is 6.85. The highest BCUT2D eigenvalue weighted by Crippen LogP contribution is 2.30. The van der Waals surface area contributed by atoms with Crippen LogP contribution >= 0.6 is 11.3 Å². The zero-order valence-corrected chi connectivity index (χ0v) is 14.0. The van der Waals surface area contributed by atoms with Crippen molar-refractivity contribution in [3.05, 3.63) is 51.2 Å². The van der Waals surface area contributed by atoms with Crippen molar-refractivity contribution < 1.29 is 18.3 Å². The van der Waals surface area contributed by atoms with Crippen molar-refractivity contribution in [3.63, 3.8) is 0 Å². The molecule has 0 bridgehead atoms. The van der Waals surface area contributed by atoms with Crippen molar-refractivity contribution in [2.24, 2.45) is 0 Å². The number of aryl methyl sites for hydroxylation is 1. The molecular formula is C17H18F2N2O2S. The van der Waals surface area contributed by atoms with Gasteiger partial charge in [0, 0.05) is 17.5 Å². The van der Waals surface area contributed by atoms with Gasteiger partial charge in [-0.05, 0) is 37.1 Å². The lowest BCUT2D eigenvalue weighted by atomic mass is 9.94. The summed E-state index contributed by atoms with van der Waals surface area (Å²) in [4.78, 5) is 13.3. The van der Waals surface area contributed by atoms with Gasteiger partial charge in [0.2, 0.25) is 0 Å². The number of benzene rings is 1. The van der Waals surface area contributed by atoms with Crippen LogP contribution in [0.5, 0.6) is 5.75 Å². The number of amides is 1. The van der Waals surface area contributed by atoms with E-state index in [2.05, 4.69) is 21.4 Å². The van der Waals surface area contributed by atoms with Crippen LogP contribution in [-0.2, 0) is 6.42 Å². The molecule has 0 saturated heterocycles. The molecule has 1 aromatic carbocycles. The fraction of sp³-hybridized carbons (Fsp3) is 0.353. The molecule has 1 unspecified atom stereocenters. The number of thiophene rings is 1. The maximum atomic E-state index is 12.5. The number of halogens is 2. The second-order valence-electron chi connectivity index (χ2n) is 5.59. The van der Waals surface area contributed by atoms with E-state index in [0.717, 1.165) is 34.7 Å². The molecule has 2 N–H and O–H groups in total. The molecule has 1 aromatic heterocycles. The Kier molecular flexibility index (Phi) is 5.11. The van der Waals surface area contributed by atoms with Crippen LogP contribution in [0.25, 0.3) is 0 Å². The molecule has 0 saturated carbocycles. The summed E-state index contributed by atoms with van der Waals surface area (Å²) in [6.45, 7) is 0.0344. The van der Waals surface area contributed by atoms with E-state index in [1.807, 2.05) is 18.2 Å². The summed E-state index contributed by atoms with van der Waals surface area (Å²) >= 11 is 1.15. The van der Waals surface area contributed by atoms with Gasteiger partial charge in [-0.2, -0.15) is 8.78 Å². The van der Waals surface area contributed by atoms with Crippen molar-refractivity contribution >= 4 is 17.2 Å². The van der Waals surface area contributed by atoms with Crippen molar-refractivity contribution in [3.8, 4) is 5.75 Å². The van der Waals surface area contributed by atoms with Gasteiger partial charge in [0.1, 0.15) is 10.6 Å². The molecule has 2 aromatic rings. The van der Waals surface area contributed by atoms with E-state index in [9.17, 15) is 13.6 Å². The molecule has 4 nitrogen and oxygen atoms in total. The molecule has 2 heterocycles. The van der Waals surface area contributed by atoms with Gasteiger partial charge >= 0.3 is 6.61 Å². The summed E-state index contributed by atoms with van der Waals surface area (Å²) in [5, 5.41) is 6.19. The van der Waals surface area contributed by atoms with Gasteiger partial charge in [0.25, 0.3) is 5.91 Å². The molecule has 3 rings (SSSR count). The highest BCUT2D eigenvalue weighted by Gasteiger charge is 2.22. The van der Waals surface area contributed by atoms with Crippen LogP contribution in [0.15, 0.2) is 30.3 Å². The Morgan fingerprint density at radius 1 is 1.46 bits per heavy atom. The highest BCUT2D eigenvalue weighted by molar-refractivity contribution is 7.14. The first kappa shape index (κ1) is 16.9. The van der Waals surface area contributed by atoms with Gasteiger partial charge in [-0.1, -0.05) is 24.3 Å². The summed E-state index contributed by atoms with van der Waals surface area (Å²) < 4.78 is 29.3. The molecule has 1 amide bonds. The molecule has 0 aliphatic carbocycles. The minimum absolute atomic E-state index is 0.0134. The fourth-order valence-corrected chi connectivity index (χ4v) is 3.74. The van der Waals surface area contributed by atoms with E-state index in [0.29, 0.717) is 6.54 Å². The summed E-state index contributed by atoms with van der Waals surface area (Å²) in [5.41, 5.74) is 2.43. The zero-order chi connectivity index (χ0) is 17.1. The maximum Gasteiger partial charge on any atom is 0.387 e. The lowest BCUT2D eigenvalue weighted by molar-refractivity contribution is -0.0498. The molecule has 0 fully saturated rings. The second kappa shape index (κ2) is 7.27. The van der Waals surface area contributed by atoms with E-state index in [1.165, 1.54) is 11.6 Å². The fourth-order valence-electron chi connectivity index (χ4n) is 2.88. The zero-order valence-electron chi connectivity index (χ0n) is 13.1. The van der Waals surface area contributed by atoms with Crippen molar-refractivity contribution in [1.29, 1.82) is 0 Å². The monoisotopic (exact) mass is 352 g/mol. The number of hydrogen-bond acceptors (Lipinski definition) is 4. The number of rotatable bonds is 5. The first-order valence-electron chi connectivity index (χ1n) is 7.69. The normalized spacial score (nSPS) is 16.8. The minimum Gasteiger partial charge on any atom is -0.433 e. The molecule has 1 atom stereocenters.